The third-order valence-corrected chi connectivity index (χ3v) is 3.90. The number of hydrogen-bond donors (Lipinski definition) is 1. The van der Waals surface area contributed by atoms with Gasteiger partial charge >= 0.3 is 0 Å². The second kappa shape index (κ2) is 6.87. The Labute approximate surface area is 133 Å². The lowest BCUT2D eigenvalue weighted by atomic mass is 10.2. The first-order valence-corrected chi connectivity index (χ1v) is 7.78. The predicted octanol–water partition coefficient (Wildman–Crippen LogP) is 3.49. The van der Waals surface area contributed by atoms with E-state index in [2.05, 4.69) is 10.4 Å². The Hall–Kier alpha value is -2.66. The summed E-state index contributed by atoms with van der Waals surface area (Å²) in [6.45, 7) is 0.562. The normalized spacial score (nSPS) is 10.2. The Morgan fingerprint density at radius 3 is 2.36 bits per heavy atom. The number of carbonyl (C=O) groups is 1. The van der Waals surface area contributed by atoms with Gasteiger partial charge in [-0.25, -0.2) is 4.98 Å². The molecule has 5 heteroatoms. The molecule has 0 atom stereocenters. The Kier molecular flexibility index (Phi) is 4.46. The minimum atomic E-state index is -0.147. The van der Waals surface area contributed by atoms with Crippen LogP contribution in [0.15, 0.2) is 72.2 Å². The molecular weight excluding hydrogens is 294 g/mol. The van der Waals surface area contributed by atoms with Gasteiger partial charge in [0.25, 0.3) is 5.91 Å². The van der Waals surface area contributed by atoms with Gasteiger partial charge in [0.15, 0.2) is 0 Å². The van der Waals surface area contributed by atoms with Gasteiger partial charge < -0.3 is 0 Å². The fourth-order valence-corrected chi connectivity index (χ4v) is 2.65. The third-order valence-electron chi connectivity index (χ3n) is 3.11. The smallest absolute Gasteiger partial charge is 0.267 e. The summed E-state index contributed by atoms with van der Waals surface area (Å²) in [5, 5.41) is 4.42. The molecule has 0 fully saturated rings. The van der Waals surface area contributed by atoms with Crippen molar-refractivity contribution in [3.8, 4) is 0 Å². The molecule has 0 spiro atoms. The highest BCUT2D eigenvalue weighted by molar-refractivity contribution is 7.13. The largest absolute Gasteiger partial charge is 0.269 e. The maximum absolute atomic E-state index is 12.4. The van der Waals surface area contributed by atoms with Gasteiger partial charge in [0.05, 0.1) is 6.54 Å². The number of aromatic nitrogens is 1. The molecule has 1 N–H and O–H groups in total. The number of carbonyl (C=O) groups excluding carboxylic acids is 1. The van der Waals surface area contributed by atoms with Gasteiger partial charge in [0.1, 0.15) is 0 Å². The summed E-state index contributed by atoms with van der Waals surface area (Å²) in [6.07, 6.45) is 1.73. The van der Waals surface area contributed by atoms with Gasteiger partial charge in [-0.2, -0.15) is 0 Å². The van der Waals surface area contributed by atoms with E-state index in [0.29, 0.717) is 12.1 Å². The summed E-state index contributed by atoms with van der Waals surface area (Å²) in [4.78, 5) is 16.7. The minimum Gasteiger partial charge on any atom is -0.267 e. The minimum absolute atomic E-state index is 0.147. The molecule has 3 aromatic rings. The van der Waals surface area contributed by atoms with E-state index >= 15 is 0 Å². The fraction of sp³-hybridized carbons (Fsp3) is 0.0588. The highest BCUT2D eigenvalue weighted by Gasteiger charge is 2.14. The van der Waals surface area contributed by atoms with E-state index in [-0.39, 0.29) is 5.91 Å². The maximum atomic E-state index is 12.4. The molecule has 0 saturated heterocycles. The molecule has 1 amide bonds. The van der Waals surface area contributed by atoms with Crippen LogP contribution in [0.2, 0.25) is 0 Å². The average Bonchev–Trinajstić information content (AvgIpc) is 3.10. The number of rotatable bonds is 5. The molecule has 1 heterocycles. The summed E-state index contributed by atoms with van der Waals surface area (Å²) in [6, 6.07) is 19.1. The number of amides is 1. The number of hydrogen-bond acceptors (Lipinski definition) is 4. The van der Waals surface area contributed by atoms with E-state index in [1.807, 2.05) is 53.9 Å². The summed E-state index contributed by atoms with van der Waals surface area (Å²) >= 11 is 1.49. The molecule has 110 valence electrons. The molecule has 0 aliphatic carbocycles. The second-order valence-corrected chi connectivity index (χ2v) is 5.57. The van der Waals surface area contributed by atoms with Gasteiger partial charge in [-0.05, 0) is 17.7 Å². The monoisotopic (exact) mass is 309 g/mol. The van der Waals surface area contributed by atoms with Crippen molar-refractivity contribution in [2.24, 2.45) is 0 Å². The lowest BCUT2D eigenvalue weighted by molar-refractivity contribution is 0.0948. The number of benzene rings is 2. The molecule has 3 rings (SSSR count). The molecule has 0 aliphatic heterocycles. The first-order valence-electron chi connectivity index (χ1n) is 6.90. The topological polar surface area (TPSA) is 45.2 Å². The molecule has 0 radical (unpaired) electrons. The van der Waals surface area contributed by atoms with Crippen LogP contribution in [0.3, 0.4) is 0 Å². The van der Waals surface area contributed by atoms with Crippen molar-refractivity contribution in [3.05, 3.63) is 83.4 Å². The Bertz CT molecular complexity index is 714. The number of anilines is 1. The van der Waals surface area contributed by atoms with Crippen LogP contribution in [-0.2, 0) is 6.54 Å². The maximum Gasteiger partial charge on any atom is 0.269 e. The summed E-state index contributed by atoms with van der Waals surface area (Å²) in [7, 11) is 0. The molecule has 2 aromatic carbocycles. The van der Waals surface area contributed by atoms with E-state index in [4.69, 9.17) is 0 Å². The SMILES string of the molecule is O=C(NN(Cc1ccccc1)c1nccs1)c1ccccc1. The molecule has 0 saturated carbocycles. The zero-order valence-corrected chi connectivity index (χ0v) is 12.7. The van der Waals surface area contributed by atoms with Crippen LogP contribution in [0, 0.1) is 0 Å². The Morgan fingerprint density at radius 2 is 1.73 bits per heavy atom. The summed E-state index contributed by atoms with van der Waals surface area (Å²) < 4.78 is 0. The van der Waals surface area contributed by atoms with Crippen LogP contribution in [-0.4, -0.2) is 10.9 Å². The van der Waals surface area contributed by atoms with Crippen molar-refractivity contribution >= 4 is 22.4 Å². The summed E-state index contributed by atoms with van der Waals surface area (Å²) in [5.74, 6) is -0.147. The van der Waals surface area contributed by atoms with Gasteiger partial charge in [0, 0.05) is 17.1 Å². The first-order chi connectivity index (χ1) is 10.8. The van der Waals surface area contributed by atoms with Gasteiger partial charge in [-0.3, -0.25) is 15.2 Å². The first kappa shape index (κ1) is 14.3. The molecule has 4 nitrogen and oxygen atoms in total. The van der Waals surface area contributed by atoms with E-state index in [1.165, 1.54) is 11.3 Å². The molecule has 1 aromatic heterocycles. The predicted molar refractivity (Wildman–Crippen MR) is 88.6 cm³/mol. The lowest BCUT2D eigenvalue weighted by Crippen LogP contribution is -2.41. The van der Waals surface area contributed by atoms with Gasteiger partial charge in [0.2, 0.25) is 5.13 Å². The van der Waals surface area contributed by atoms with Crippen molar-refractivity contribution in [3.63, 3.8) is 0 Å². The van der Waals surface area contributed by atoms with Crippen molar-refractivity contribution in [2.45, 2.75) is 6.54 Å². The lowest BCUT2D eigenvalue weighted by Gasteiger charge is -2.22. The number of thiazole rings is 1. The average molecular weight is 309 g/mol. The van der Waals surface area contributed by atoms with Gasteiger partial charge in [-0.1, -0.05) is 48.5 Å². The zero-order valence-electron chi connectivity index (χ0n) is 11.8. The number of nitrogens with zero attached hydrogens (tertiary/aromatic N) is 2. The van der Waals surface area contributed by atoms with Crippen molar-refractivity contribution < 1.29 is 4.79 Å². The van der Waals surface area contributed by atoms with Crippen LogP contribution in [0.4, 0.5) is 5.13 Å². The highest BCUT2D eigenvalue weighted by Crippen LogP contribution is 2.18. The van der Waals surface area contributed by atoms with Crippen molar-refractivity contribution in [1.29, 1.82) is 0 Å². The van der Waals surface area contributed by atoms with Crippen LogP contribution in [0.25, 0.3) is 0 Å². The quantitative estimate of drug-likeness (QED) is 0.734. The molecule has 0 aliphatic rings. The van der Waals surface area contributed by atoms with Crippen LogP contribution >= 0.6 is 11.3 Å². The van der Waals surface area contributed by atoms with E-state index in [9.17, 15) is 4.79 Å². The zero-order chi connectivity index (χ0) is 15.2. The second-order valence-electron chi connectivity index (χ2n) is 4.69. The Morgan fingerprint density at radius 1 is 1.05 bits per heavy atom. The van der Waals surface area contributed by atoms with Crippen molar-refractivity contribution in [2.75, 3.05) is 5.01 Å². The fourth-order valence-electron chi connectivity index (χ4n) is 2.05. The van der Waals surface area contributed by atoms with Crippen molar-refractivity contribution in [1.82, 2.24) is 10.4 Å². The molecule has 0 unspecified atom stereocenters. The van der Waals surface area contributed by atoms with Crippen LogP contribution < -0.4 is 10.4 Å². The van der Waals surface area contributed by atoms with E-state index in [1.54, 1.807) is 23.3 Å². The third kappa shape index (κ3) is 3.51. The molecule has 22 heavy (non-hydrogen) atoms. The van der Waals surface area contributed by atoms with Crippen LogP contribution in [0.5, 0.6) is 0 Å². The van der Waals surface area contributed by atoms with Gasteiger partial charge in [-0.15, -0.1) is 11.3 Å². The van der Waals surface area contributed by atoms with E-state index < -0.39 is 0 Å². The highest BCUT2D eigenvalue weighted by atomic mass is 32.1. The Balaban J connectivity index is 1.79. The standard InChI is InChI=1S/C17H15N3OS/c21-16(15-9-5-2-6-10-15)19-20(17-18-11-12-22-17)13-14-7-3-1-4-8-14/h1-12H,13H2,(H,19,21). The number of hydrazine groups is 1. The van der Waals surface area contributed by atoms with Crippen LogP contribution in [0.1, 0.15) is 15.9 Å². The molecule has 0 bridgehead atoms. The molecular formula is C17H15N3OS. The van der Waals surface area contributed by atoms with E-state index in [0.717, 1.165) is 10.7 Å². The number of nitrogens with one attached hydrogen (secondary N) is 1. The summed E-state index contributed by atoms with van der Waals surface area (Å²) in [5.41, 5.74) is 4.65.